The van der Waals surface area contributed by atoms with Gasteiger partial charge in [-0.3, -0.25) is 0 Å². The summed E-state index contributed by atoms with van der Waals surface area (Å²) in [7, 11) is 0. The highest BCUT2D eigenvalue weighted by atomic mass is 32.2. The molecule has 2 aromatic carbocycles. The van der Waals surface area contributed by atoms with Crippen LogP contribution in [0.4, 0.5) is 0 Å². The first kappa shape index (κ1) is 18.0. The number of nitrogens with zero attached hydrogens (tertiary/aromatic N) is 3. The van der Waals surface area contributed by atoms with E-state index in [0.717, 1.165) is 23.4 Å². The van der Waals surface area contributed by atoms with E-state index in [-0.39, 0.29) is 0 Å². The molecule has 0 saturated heterocycles. The van der Waals surface area contributed by atoms with Gasteiger partial charge in [-0.15, -0.1) is 0 Å². The molecule has 26 heavy (non-hydrogen) atoms. The van der Waals surface area contributed by atoms with Crippen molar-refractivity contribution in [1.29, 1.82) is 5.26 Å². The standard InChI is InChI=1S/C21H19N3OS/c1-3-18-12-20(25-19-9-7-15(2)8-10-19)24-21(23-18)26-14-17-6-4-5-16(11-17)13-22/h4-12H,3,14H2,1-2H3. The molecular formula is C21H19N3OS. The van der Waals surface area contributed by atoms with Crippen LogP contribution in [0.5, 0.6) is 11.6 Å². The molecule has 3 rings (SSSR count). The zero-order chi connectivity index (χ0) is 18.4. The Kier molecular flexibility index (Phi) is 5.88. The van der Waals surface area contributed by atoms with Crippen molar-refractivity contribution in [3.05, 3.63) is 77.0 Å². The average molecular weight is 361 g/mol. The first-order valence-electron chi connectivity index (χ1n) is 8.40. The second kappa shape index (κ2) is 8.50. The van der Waals surface area contributed by atoms with Crippen LogP contribution in [0.1, 0.15) is 29.3 Å². The zero-order valence-corrected chi connectivity index (χ0v) is 15.6. The Bertz CT molecular complexity index is 933. The molecule has 5 heteroatoms. The molecule has 3 aromatic rings. The molecule has 0 spiro atoms. The Morgan fingerprint density at radius 2 is 1.88 bits per heavy atom. The average Bonchev–Trinajstić information content (AvgIpc) is 2.68. The highest BCUT2D eigenvalue weighted by Gasteiger charge is 2.08. The molecule has 4 nitrogen and oxygen atoms in total. The van der Waals surface area contributed by atoms with Crippen LogP contribution < -0.4 is 4.74 Å². The molecule has 0 radical (unpaired) electrons. The minimum absolute atomic E-state index is 0.550. The van der Waals surface area contributed by atoms with Crippen molar-refractivity contribution in [2.24, 2.45) is 0 Å². The second-order valence-corrected chi connectivity index (χ2v) is 6.79. The lowest BCUT2D eigenvalue weighted by molar-refractivity contribution is 0.454. The SMILES string of the molecule is CCc1cc(Oc2ccc(C)cc2)nc(SCc2cccc(C#N)c2)n1. The fraction of sp³-hybridized carbons (Fsp3) is 0.190. The number of hydrogen-bond acceptors (Lipinski definition) is 5. The van der Waals surface area contributed by atoms with Gasteiger partial charge in [0.1, 0.15) is 5.75 Å². The summed E-state index contributed by atoms with van der Waals surface area (Å²) in [4.78, 5) is 9.09. The molecule has 0 aliphatic carbocycles. The molecule has 1 aromatic heterocycles. The molecular weight excluding hydrogens is 342 g/mol. The first-order chi connectivity index (χ1) is 12.7. The van der Waals surface area contributed by atoms with Crippen molar-refractivity contribution in [3.63, 3.8) is 0 Å². The van der Waals surface area contributed by atoms with Crippen molar-refractivity contribution in [3.8, 4) is 17.7 Å². The van der Waals surface area contributed by atoms with Crippen molar-refractivity contribution >= 4 is 11.8 Å². The highest BCUT2D eigenvalue weighted by molar-refractivity contribution is 7.98. The molecule has 0 amide bonds. The smallest absolute Gasteiger partial charge is 0.223 e. The fourth-order valence-electron chi connectivity index (χ4n) is 2.35. The van der Waals surface area contributed by atoms with Crippen LogP contribution in [-0.4, -0.2) is 9.97 Å². The maximum Gasteiger partial charge on any atom is 0.223 e. The lowest BCUT2D eigenvalue weighted by Gasteiger charge is -2.09. The van der Waals surface area contributed by atoms with Gasteiger partial charge in [0.05, 0.1) is 11.6 Å². The van der Waals surface area contributed by atoms with Crippen LogP contribution >= 0.6 is 11.8 Å². The molecule has 0 aliphatic heterocycles. The maximum atomic E-state index is 9.01. The van der Waals surface area contributed by atoms with E-state index in [4.69, 9.17) is 10.00 Å². The number of hydrogen-bond donors (Lipinski definition) is 0. The van der Waals surface area contributed by atoms with Gasteiger partial charge in [-0.2, -0.15) is 10.2 Å². The molecule has 0 fully saturated rings. The van der Waals surface area contributed by atoms with E-state index in [9.17, 15) is 0 Å². The Morgan fingerprint density at radius 1 is 1.08 bits per heavy atom. The second-order valence-electron chi connectivity index (χ2n) is 5.85. The fourth-order valence-corrected chi connectivity index (χ4v) is 3.16. The predicted octanol–water partition coefficient (Wildman–Crippen LogP) is 5.30. The summed E-state index contributed by atoms with van der Waals surface area (Å²) in [6, 6.07) is 19.5. The summed E-state index contributed by atoms with van der Waals surface area (Å²) in [5, 5.41) is 9.69. The van der Waals surface area contributed by atoms with Gasteiger partial charge in [-0.25, -0.2) is 4.98 Å². The lowest BCUT2D eigenvalue weighted by atomic mass is 10.2. The Balaban J connectivity index is 1.76. The number of rotatable bonds is 6. The molecule has 0 bridgehead atoms. The van der Waals surface area contributed by atoms with Gasteiger partial charge in [0.25, 0.3) is 0 Å². The number of thioether (sulfide) groups is 1. The molecule has 0 saturated carbocycles. The monoisotopic (exact) mass is 361 g/mol. The topological polar surface area (TPSA) is 58.8 Å². The van der Waals surface area contributed by atoms with Crippen LogP contribution in [0.15, 0.2) is 59.8 Å². The number of benzene rings is 2. The molecule has 0 aliphatic rings. The molecule has 0 N–H and O–H groups in total. The van der Waals surface area contributed by atoms with Crippen LogP contribution in [0.2, 0.25) is 0 Å². The van der Waals surface area contributed by atoms with E-state index in [2.05, 4.69) is 23.0 Å². The Labute approximate surface area is 157 Å². The summed E-state index contributed by atoms with van der Waals surface area (Å²) in [5.41, 5.74) is 3.86. The van der Waals surface area contributed by atoms with Gasteiger partial charge >= 0.3 is 0 Å². The van der Waals surface area contributed by atoms with Gasteiger partial charge in [-0.1, -0.05) is 48.5 Å². The third kappa shape index (κ3) is 4.84. The molecule has 1 heterocycles. The summed E-state index contributed by atoms with van der Waals surface area (Å²) in [6.07, 6.45) is 0.810. The molecule has 130 valence electrons. The van der Waals surface area contributed by atoms with E-state index >= 15 is 0 Å². The maximum absolute atomic E-state index is 9.01. The van der Waals surface area contributed by atoms with Crippen molar-refractivity contribution in [2.75, 3.05) is 0 Å². The van der Waals surface area contributed by atoms with Crippen molar-refractivity contribution in [1.82, 2.24) is 9.97 Å². The minimum atomic E-state index is 0.550. The third-order valence-electron chi connectivity index (χ3n) is 3.76. The normalized spacial score (nSPS) is 10.3. The van der Waals surface area contributed by atoms with Gasteiger partial charge in [0.2, 0.25) is 5.88 Å². The van der Waals surface area contributed by atoms with E-state index in [1.807, 2.05) is 55.5 Å². The van der Waals surface area contributed by atoms with Gasteiger partial charge in [0, 0.05) is 17.5 Å². The minimum Gasteiger partial charge on any atom is -0.439 e. The molecule has 0 unspecified atom stereocenters. The van der Waals surface area contributed by atoms with E-state index < -0.39 is 0 Å². The number of nitriles is 1. The van der Waals surface area contributed by atoms with Crippen LogP contribution in [0.3, 0.4) is 0 Å². The largest absolute Gasteiger partial charge is 0.439 e. The predicted molar refractivity (Wildman–Crippen MR) is 103 cm³/mol. The van der Waals surface area contributed by atoms with E-state index in [1.54, 1.807) is 6.07 Å². The van der Waals surface area contributed by atoms with Gasteiger partial charge in [0.15, 0.2) is 5.16 Å². The van der Waals surface area contributed by atoms with E-state index in [0.29, 0.717) is 22.4 Å². The zero-order valence-electron chi connectivity index (χ0n) is 14.8. The summed E-state index contributed by atoms with van der Waals surface area (Å²) < 4.78 is 5.90. The Hall–Kier alpha value is -2.84. The van der Waals surface area contributed by atoms with Crippen molar-refractivity contribution < 1.29 is 4.74 Å². The number of aromatic nitrogens is 2. The highest BCUT2D eigenvalue weighted by Crippen LogP contribution is 2.26. The Morgan fingerprint density at radius 3 is 2.62 bits per heavy atom. The van der Waals surface area contributed by atoms with Gasteiger partial charge in [-0.05, 0) is 43.2 Å². The number of aryl methyl sites for hydroxylation is 2. The summed E-state index contributed by atoms with van der Waals surface area (Å²) >= 11 is 1.54. The molecule has 0 atom stereocenters. The third-order valence-corrected chi connectivity index (χ3v) is 4.68. The van der Waals surface area contributed by atoms with E-state index in [1.165, 1.54) is 17.3 Å². The lowest BCUT2D eigenvalue weighted by Crippen LogP contribution is -1.97. The van der Waals surface area contributed by atoms with Crippen LogP contribution in [0, 0.1) is 18.3 Å². The van der Waals surface area contributed by atoms with Crippen LogP contribution in [0.25, 0.3) is 0 Å². The number of ether oxygens (including phenoxy) is 1. The van der Waals surface area contributed by atoms with Crippen molar-refractivity contribution in [2.45, 2.75) is 31.2 Å². The summed E-state index contributed by atoms with van der Waals surface area (Å²) in [6.45, 7) is 4.10. The summed E-state index contributed by atoms with van der Waals surface area (Å²) in [5.74, 6) is 2.01. The first-order valence-corrected chi connectivity index (χ1v) is 9.39. The quantitative estimate of drug-likeness (QED) is 0.440. The van der Waals surface area contributed by atoms with Gasteiger partial charge < -0.3 is 4.74 Å². The van der Waals surface area contributed by atoms with Crippen LogP contribution in [-0.2, 0) is 12.2 Å².